The van der Waals surface area contributed by atoms with Gasteiger partial charge >= 0.3 is 0 Å². The summed E-state index contributed by atoms with van der Waals surface area (Å²) in [6.07, 6.45) is 0.589. The normalized spacial score (nSPS) is 28.6. The Hall–Kier alpha value is -0.990. The molecule has 2 unspecified atom stereocenters. The Morgan fingerprint density at radius 2 is 2.15 bits per heavy atom. The van der Waals surface area contributed by atoms with E-state index in [1.165, 1.54) is 0 Å². The fourth-order valence-corrected chi connectivity index (χ4v) is 4.54. The SMILES string of the molecule is CC(c1noc(C2CCS(=O)(=O)C2)n1)N1CCNCC1. The first-order valence-electron chi connectivity index (χ1n) is 7.04. The molecule has 0 radical (unpaired) electrons. The highest BCUT2D eigenvalue weighted by Crippen LogP contribution is 2.29. The third-order valence-electron chi connectivity index (χ3n) is 4.11. The second kappa shape index (κ2) is 5.42. The largest absolute Gasteiger partial charge is 0.339 e. The molecule has 0 saturated carbocycles. The predicted octanol–water partition coefficient (Wildman–Crippen LogP) is -0.0621. The van der Waals surface area contributed by atoms with Crippen molar-refractivity contribution in [3.8, 4) is 0 Å². The lowest BCUT2D eigenvalue weighted by Crippen LogP contribution is -2.44. The van der Waals surface area contributed by atoms with E-state index in [-0.39, 0.29) is 23.5 Å². The van der Waals surface area contributed by atoms with Gasteiger partial charge in [-0.3, -0.25) is 4.90 Å². The molecular weight excluding hydrogens is 280 g/mol. The molecule has 0 amide bonds. The summed E-state index contributed by atoms with van der Waals surface area (Å²) in [6.45, 7) is 5.92. The van der Waals surface area contributed by atoms with Crippen molar-refractivity contribution in [2.24, 2.45) is 0 Å². The molecule has 3 rings (SSSR count). The third kappa shape index (κ3) is 2.87. The van der Waals surface area contributed by atoms with E-state index in [9.17, 15) is 8.42 Å². The first-order valence-corrected chi connectivity index (χ1v) is 8.86. The lowest BCUT2D eigenvalue weighted by molar-refractivity contribution is 0.176. The van der Waals surface area contributed by atoms with E-state index < -0.39 is 9.84 Å². The molecule has 7 nitrogen and oxygen atoms in total. The number of hydrogen-bond acceptors (Lipinski definition) is 7. The smallest absolute Gasteiger partial charge is 0.230 e. The maximum Gasteiger partial charge on any atom is 0.230 e. The quantitative estimate of drug-likeness (QED) is 0.836. The highest BCUT2D eigenvalue weighted by molar-refractivity contribution is 7.91. The summed E-state index contributed by atoms with van der Waals surface area (Å²) in [4.78, 5) is 6.73. The van der Waals surface area contributed by atoms with E-state index in [2.05, 4.69) is 27.3 Å². The van der Waals surface area contributed by atoms with E-state index >= 15 is 0 Å². The number of piperazine rings is 1. The van der Waals surface area contributed by atoms with Gasteiger partial charge in [-0.2, -0.15) is 4.98 Å². The standard InChI is InChI=1S/C12H20N4O3S/c1-9(16-5-3-13-4-6-16)11-14-12(19-15-11)10-2-7-20(17,18)8-10/h9-10,13H,2-8H2,1H3. The molecule has 1 aromatic rings. The number of sulfone groups is 1. The van der Waals surface area contributed by atoms with Crippen LogP contribution in [0.1, 0.15) is 37.0 Å². The van der Waals surface area contributed by atoms with E-state index in [1.807, 2.05) is 0 Å². The molecule has 0 aliphatic carbocycles. The summed E-state index contributed by atoms with van der Waals surface area (Å²) in [6, 6.07) is 0.104. The van der Waals surface area contributed by atoms with Gasteiger partial charge in [-0.25, -0.2) is 8.42 Å². The van der Waals surface area contributed by atoms with Gasteiger partial charge in [0.25, 0.3) is 0 Å². The van der Waals surface area contributed by atoms with Gasteiger partial charge in [-0.1, -0.05) is 5.16 Å². The van der Waals surface area contributed by atoms with Gasteiger partial charge in [-0.05, 0) is 13.3 Å². The summed E-state index contributed by atoms with van der Waals surface area (Å²) in [5.41, 5.74) is 0. The summed E-state index contributed by atoms with van der Waals surface area (Å²) in [7, 11) is -2.92. The van der Waals surface area contributed by atoms with Crippen LogP contribution in [0.15, 0.2) is 4.52 Å². The van der Waals surface area contributed by atoms with Crippen LogP contribution in [0.4, 0.5) is 0 Å². The molecule has 2 saturated heterocycles. The van der Waals surface area contributed by atoms with Crippen LogP contribution >= 0.6 is 0 Å². The molecule has 2 fully saturated rings. The highest BCUT2D eigenvalue weighted by Gasteiger charge is 2.33. The van der Waals surface area contributed by atoms with E-state index in [0.717, 1.165) is 26.2 Å². The molecule has 1 aromatic heterocycles. The van der Waals surface area contributed by atoms with Gasteiger partial charge in [-0.15, -0.1) is 0 Å². The lowest BCUT2D eigenvalue weighted by Gasteiger charge is -2.30. The first-order chi connectivity index (χ1) is 9.55. The maximum atomic E-state index is 11.5. The minimum absolute atomic E-state index is 0.104. The second-order valence-electron chi connectivity index (χ2n) is 5.55. The van der Waals surface area contributed by atoms with Crippen LogP contribution in [-0.4, -0.2) is 61.1 Å². The van der Waals surface area contributed by atoms with Crippen LogP contribution in [0.5, 0.6) is 0 Å². The zero-order valence-corrected chi connectivity index (χ0v) is 12.4. The number of aromatic nitrogens is 2. The van der Waals surface area contributed by atoms with Crippen LogP contribution in [0.2, 0.25) is 0 Å². The molecule has 2 aliphatic rings. The molecule has 0 bridgehead atoms. The number of rotatable bonds is 3. The van der Waals surface area contributed by atoms with Crippen LogP contribution in [0.3, 0.4) is 0 Å². The Morgan fingerprint density at radius 3 is 2.80 bits per heavy atom. The Labute approximate surface area is 118 Å². The Kier molecular flexibility index (Phi) is 3.78. The summed E-state index contributed by atoms with van der Waals surface area (Å²) >= 11 is 0. The molecule has 2 aliphatic heterocycles. The zero-order chi connectivity index (χ0) is 14.2. The monoisotopic (exact) mass is 300 g/mol. The van der Waals surface area contributed by atoms with Gasteiger partial charge in [0, 0.05) is 26.2 Å². The molecular formula is C12H20N4O3S. The van der Waals surface area contributed by atoms with Crippen molar-refractivity contribution >= 4 is 9.84 Å². The van der Waals surface area contributed by atoms with Gasteiger partial charge < -0.3 is 9.84 Å². The molecule has 20 heavy (non-hydrogen) atoms. The summed E-state index contributed by atoms with van der Waals surface area (Å²) in [5, 5.41) is 7.35. The predicted molar refractivity (Wildman–Crippen MR) is 73.2 cm³/mol. The highest BCUT2D eigenvalue weighted by atomic mass is 32.2. The summed E-state index contributed by atoms with van der Waals surface area (Å²) < 4.78 is 28.3. The third-order valence-corrected chi connectivity index (χ3v) is 5.88. The van der Waals surface area contributed by atoms with Crippen molar-refractivity contribution in [2.75, 3.05) is 37.7 Å². The van der Waals surface area contributed by atoms with Gasteiger partial charge in [0.15, 0.2) is 15.7 Å². The van der Waals surface area contributed by atoms with E-state index in [1.54, 1.807) is 0 Å². The van der Waals surface area contributed by atoms with E-state index in [4.69, 9.17) is 4.52 Å². The van der Waals surface area contributed by atoms with Crippen molar-refractivity contribution in [1.82, 2.24) is 20.4 Å². The molecule has 8 heteroatoms. The molecule has 2 atom stereocenters. The molecule has 0 spiro atoms. The van der Waals surface area contributed by atoms with Crippen molar-refractivity contribution in [2.45, 2.75) is 25.3 Å². The zero-order valence-electron chi connectivity index (χ0n) is 11.6. The molecule has 112 valence electrons. The van der Waals surface area contributed by atoms with Crippen molar-refractivity contribution in [1.29, 1.82) is 0 Å². The van der Waals surface area contributed by atoms with Crippen LogP contribution < -0.4 is 5.32 Å². The lowest BCUT2D eigenvalue weighted by atomic mass is 10.1. The van der Waals surface area contributed by atoms with Crippen molar-refractivity contribution in [3.05, 3.63) is 11.7 Å². The van der Waals surface area contributed by atoms with Gasteiger partial charge in [0.2, 0.25) is 5.89 Å². The fourth-order valence-electron chi connectivity index (χ4n) is 2.81. The molecule has 0 aromatic carbocycles. The van der Waals surface area contributed by atoms with Crippen LogP contribution in [0, 0.1) is 0 Å². The summed E-state index contributed by atoms with van der Waals surface area (Å²) in [5.74, 6) is 1.37. The fraction of sp³-hybridized carbons (Fsp3) is 0.833. The number of nitrogens with zero attached hydrogens (tertiary/aromatic N) is 3. The molecule has 3 heterocycles. The Morgan fingerprint density at radius 1 is 1.40 bits per heavy atom. The number of hydrogen-bond donors (Lipinski definition) is 1. The molecule has 1 N–H and O–H groups in total. The van der Waals surface area contributed by atoms with E-state index in [0.29, 0.717) is 18.1 Å². The van der Waals surface area contributed by atoms with Gasteiger partial charge in [0.1, 0.15) is 0 Å². The number of nitrogens with one attached hydrogen (secondary N) is 1. The Balaban J connectivity index is 1.70. The van der Waals surface area contributed by atoms with Crippen LogP contribution in [0.25, 0.3) is 0 Å². The maximum absolute atomic E-state index is 11.5. The minimum Gasteiger partial charge on any atom is -0.339 e. The minimum atomic E-state index is -2.92. The van der Waals surface area contributed by atoms with Crippen LogP contribution in [-0.2, 0) is 9.84 Å². The Bertz CT molecular complexity index is 565. The van der Waals surface area contributed by atoms with Crippen molar-refractivity contribution in [3.63, 3.8) is 0 Å². The first kappa shape index (κ1) is 14.0. The van der Waals surface area contributed by atoms with Crippen molar-refractivity contribution < 1.29 is 12.9 Å². The topological polar surface area (TPSA) is 88.3 Å². The average Bonchev–Trinajstić information content (AvgIpc) is 3.05. The average molecular weight is 300 g/mol. The van der Waals surface area contributed by atoms with Gasteiger partial charge in [0.05, 0.1) is 23.5 Å². The second-order valence-corrected chi connectivity index (χ2v) is 7.78.